The average Bonchev–Trinajstić information content (AvgIpc) is 2.91. The molecule has 0 aliphatic heterocycles. The molecule has 198 valence electrons. The Hall–Kier alpha value is -4.27. The Morgan fingerprint density at radius 3 is 2.66 bits per heavy atom. The molecule has 0 aliphatic rings. The molecule has 0 amide bonds. The van der Waals surface area contributed by atoms with E-state index >= 15 is 0 Å². The van der Waals surface area contributed by atoms with Crippen molar-refractivity contribution in [3.8, 4) is 17.0 Å². The van der Waals surface area contributed by atoms with E-state index in [9.17, 15) is 9.18 Å². The zero-order valence-electron chi connectivity index (χ0n) is 22.0. The van der Waals surface area contributed by atoms with E-state index in [1.807, 2.05) is 24.3 Å². The van der Waals surface area contributed by atoms with Crippen LogP contribution in [0.5, 0.6) is 5.75 Å². The highest BCUT2D eigenvalue weighted by Crippen LogP contribution is 2.29. The number of pyridine rings is 1. The summed E-state index contributed by atoms with van der Waals surface area (Å²) in [4.78, 5) is 26.2. The molecule has 0 saturated carbocycles. The highest BCUT2D eigenvalue weighted by molar-refractivity contribution is 5.97. The molecule has 4 aromatic rings. The minimum atomic E-state index is -0.504. The van der Waals surface area contributed by atoms with Crippen molar-refractivity contribution in [3.05, 3.63) is 71.8 Å². The maximum absolute atomic E-state index is 13.5. The second-order valence-electron chi connectivity index (χ2n) is 8.95. The van der Waals surface area contributed by atoms with Gasteiger partial charge in [-0.2, -0.15) is 0 Å². The van der Waals surface area contributed by atoms with Gasteiger partial charge in [0.15, 0.2) is 0 Å². The third-order valence-electron chi connectivity index (χ3n) is 6.10. The number of methoxy groups -OCH3 is 1. The van der Waals surface area contributed by atoms with E-state index in [1.165, 1.54) is 12.1 Å². The summed E-state index contributed by atoms with van der Waals surface area (Å²) >= 11 is 0. The van der Waals surface area contributed by atoms with Crippen LogP contribution < -0.4 is 15.4 Å². The highest BCUT2D eigenvalue weighted by atomic mass is 19.1. The Morgan fingerprint density at radius 1 is 1.13 bits per heavy atom. The number of aromatic nitrogens is 3. The summed E-state index contributed by atoms with van der Waals surface area (Å²) in [5, 5.41) is 7.83. The Kier molecular flexibility index (Phi) is 8.68. The molecule has 2 N–H and O–H groups in total. The predicted octanol–water partition coefficient (Wildman–Crippen LogP) is 6.02. The molecule has 1 unspecified atom stereocenters. The summed E-state index contributed by atoms with van der Waals surface area (Å²) in [7, 11) is 1.65. The Balaban J connectivity index is 1.43. The number of nitrogens with zero attached hydrogens (tertiary/aromatic N) is 3. The van der Waals surface area contributed by atoms with Gasteiger partial charge < -0.3 is 20.1 Å². The van der Waals surface area contributed by atoms with Gasteiger partial charge in [-0.05, 0) is 70.0 Å². The molecule has 0 bridgehead atoms. The van der Waals surface area contributed by atoms with E-state index in [4.69, 9.17) is 9.47 Å². The van der Waals surface area contributed by atoms with Crippen LogP contribution in [0.3, 0.4) is 0 Å². The SMILES string of the molecule is CCOC(=O)c1c(C)nc(NCCCC(C)Nc2cc(OC)cc3cccnc23)nc1-c1ccc(F)cc1. The molecule has 38 heavy (non-hydrogen) atoms. The molecule has 2 aromatic heterocycles. The number of halogens is 1. The molecule has 8 nitrogen and oxygen atoms in total. The topological polar surface area (TPSA) is 98.3 Å². The number of carbonyl (C=O) groups excluding carboxylic acids is 1. The van der Waals surface area contributed by atoms with E-state index < -0.39 is 5.97 Å². The first-order valence-corrected chi connectivity index (χ1v) is 12.6. The van der Waals surface area contributed by atoms with Gasteiger partial charge in [0, 0.05) is 35.8 Å². The smallest absolute Gasteiger partial charge is 0.342 e. The number of aryl methyl sites for hydroxylation is 1. The zero-order chi connectivity index (χ0) is 27.1. The van der Waals surface area contributed by atoms with Crippen molar-refractivity contribution in [1.29, 1.82) is 0 Å². The number of rotatable bonds is 11. The minimum absolute atomic E-state index is 0.178. The summed E-state index contributed by atoms with van der Waals surface area (Å²) in [6, 6.07) is 13.9. The molecule has 0 fully saturated rings. The van der Waals surface area contributed by atoms with Crippen molar-refractivity contribution in [2.45, 2.75) is 39.7 Å². The number of anilines is 2. The molecule has 0 radical (unpaired) electrons. The van der Waals surface area contributed by atoms with Gasteiger partial charge in [-0.1, -0.05) is 6.07 Å². The van der Waals surface area contributed by atoms with Gasteiger partial charge >= 0.3 is 5.97 Å². The minimum Gasteiger partial charge on any atom is -0.497 e. The van der Waals surface area contributed by atoms with Crippen molar-refractivity contribution in [2.75, 3.05) is 30.9 Å². The lowest BCUT2D eigenvalue weighted by Crippen LogP contribution is -2.18. The molecule has 9 heteroatoms. The van der Waals surface area contributed by atoms with E-state index in [-0.39, 0.29) is 24.0 Å². The highest BCUT2D eigenvalue weighted by Gasteiger charge is 2.21. The fraction of sp³-hybridized carbons (Fsp3) is 0.310. The van der Waals surface area contributed by atoms with Gasteiger partial charge in [-0.15, -0.1) is 0 Å². The van der Waals surface area contributed by atoms with Crippen molar-refractivity contribution < 1.29 is 18.7 Å². The van der Waals surface area contributed by atoms with Crippen LogP contribution in [0.25, 0.3) is 22.2 Å². The quantitative estimate of drug-likeness (QED) is 0.184. The maximum Gasteiger partial charge on any atom is 0.342 e. The van der Waals surface area contributed by atoms with Crippen LogP contribution in [-0.2, 0) is 4.74 Å². The van der Waals surface area contributed by atoms with Gasteiger partial charge in [0.05, 0.1) is 36.3 Å². The fourth-order valence-electron chi connectivity index (χ4n) is 4.26. The number of hydrogen-bond acceptors (Lipinski definition) is 8. The lowest BCUT2D eigenvalue weighted by molar-refractivity contribution is 0.0525. The van der Waals surface area contributed by atoms with E-state index in [2.05, 4.69) is 32.5 Å². The Labute approximate surface area is 221 Å². The second-order valence-corrected chi connectivity index (χ2v) is 8.95. The first-order valence-electron chi connectivity index (χ1n) is 12.6. The van der Waals surface area contributed by atoms with Crippen molar-refractivity contribution >= 4 is 28.5 Å². The first-order chi connectivity index (χ1) is 18.4. The third kappa shape index (κ3) is 6.34. The van der Waals surface area contributed by atoms with Crippen LogP contribution >= 0.6 is 0 Å². The number of carbonyl (C=O) groups is 1. The molecule has 0 saturated heterocycles. The number of fused-ring (bicyclic) bond motifs is 1. The largest absolute Gasteiger partial charge is 0.497 e. The molecule has 2 heterocycles. The van der Waals surface area contributed by atoms with Crippen LogP contribution in [0, 0.1) is 12.7 Å². The van der Waals surface area contributed by atoms with Gasteiger partial charge in [-0.3, -0.25) is 4.98 Å². The molecule has 1 atom stereocenters. The maximum atomic E-state index is 13.5. The number of benzene rings is 2. The van der Waals surface area contributed by atoms with Crippen LogP contribution in [0.15, 0.2) is 54.7 Å². The molecule has 0 aliphatic carbocycles. The number of hydrogen-bond donors (Lipinski definition) is 2. The summed E-state index contributed by atoms with van der Waals surface area (Å²) in [5.74, 6) is 0.308. The van der Waals surface area contributed by atoms with Crippen molar-refractivity contribution in [2.24, 2.45) is 0 Å². The fourth-order valence-corrected chi connectivity index (χ4v) is 4.26. The number of ether oxygens (including phenoxy) is 2. The summed E-state index contributed by atoms with van der Waals surface area (Å²) in [6.07, 6.45) is 3.50. The third-order valence-corrected chi connectivity index (χ3v) is 6.10. The van der Waals surface area contributed by atoms with E-state index in [0.717, 1.165) is 35.2 Å². The molecule has 0 spiro atoms. The standard InChI is InChI=1S/C29H32FN5O3/c1-5-38-28(36)25-19(3)34-29(35-27(25)20-10-12-22(30)13-11-20)32-15-6-8-18(2)33-24-17-23(37-4)16-21-9-7-14-31-26(21)24/h7,9-14,16-18,33H,5-6,8,15H2,1-4H3,(H,32,34,35). The van der Waals surface area contributed by atoms with Crippen molar-refractivity contribution in [3.63, 3.8) is 0 Å². The summed E-state index contributed by atoms with van der Waals surface area (Å²) in [6.45, 7) is 6.46. The zero-order valence-corrected chi connectivity index (χ0v) is 22.0. The molecule has 4 rings (SSSR count). The van der Waals surface area contributed by atoms with Crippen LogP contribution in [0.4, 0.5) is 16.0 Å². The first kappa shape index (κ1) is 26.8. The second kappa shape index (κ2) is 12.3. The van der Waals surface area contributed by atoms with Gasteiger partial charge in [0.1, 0.15) is 17.1 Å². The van der Waals surface area contributed by atoms with Crippen LogP contribution in [0.2, 0.25) is 0 Å². The van der Waals surface area contributed by atoms with Gasteiger partial charge in [0.25, 0.3) is 0 Å². The van der Waals surface area contributed by atoms with Crippen LogP contribution in [0.1, 0.15) is 42.7 Å². The van der Waals surface area contributed by atoms with Gasteiger partial charge in [0.2, 0.25) is 5.95 Å². The molecular formula is C29H32FN5O3. The monoisotopic (exact) mass is 517 g/mol. The molecule has 2 aromatic carbocycles. The number of esters is 1. The normalized spacial score (nSPS) is 11.7. The van der Waals surface area contributed by atoms with Crippen molar-refractivity contribution in [1.82, 2.24) is 15.0 Å². The summed E-state index contributed by atoms with van der Waals surface area (Å²) < 4.78 is 24.2. The van der Waals surface area contributed by atoms with E-state index in [1.54, 1.807) is 39.3 Å². The Morgan fingerprint density at radius 2 is 1.92 bits per heavy atom. The lowest BCUT2D eigenvalue weighted by Gasteiger charge is -2.18. The average molecular weight is 518 g/mol. The van der Waals surface area contributed by atoms with Crippen LogP contribution in [-0.4, -0.2) is 47.2 Å². The molecular weight excluding hydrogens is 485 g/mol. The summed E-state index contributed by atoms with van der Waals surface area (Å²) in [5.41, 5.74) is 3.62. The van der Waals surface area contributed by atoms with E-state index in [0.29, 0.717) is 29.4 Å². The number of nitrogens with one attached hydrogen (secondary N) is 2. The Bertz CT molecular complexity index is 1410. The van der Waals surface area contributed by atoms with Gasteiger partial charge in [-0.25, -0.2) is 19.2 Å². The predicted molar refractivity (Wildman–Crippen MR) is 147 cm³/mol. The lowest BCUT2D eigenvalue weighted by atomic mass is 10.0.